The molecule has 1 fully saturated rings. The summed E-state index contributed by atoms with van der Waals surface area (Å²) < 4.78 is 2.33. The highest BCUT2D eigenvalue weighted by Crippen LogP contribution is 2.51. The second kappa shape index (κ2) is 8.40. The molecule has 4 heterocycles. The number of aliphatic hydroxyl groups excluding tert-OH is 3. The number of aromatic amines is 1. The Hall–Kier alpha value is -2.45. The van der Waals surface area contributed by atoms with Gasteiger partial charge in [0.15, 0.2) is 5.78 Å². The van der Waals surface area contributed by atoms with Gasteiger partial charge < -0.3 is 24.9 Å². The van der Waals surface area contributed by atoms with Crippen LogP contribution in [0.3, 0.4) is 0 Å². The summed E-state index contributed by atoms with van der Waals surface area (Å²) in [6.07, 6.45) is 0.587. The number of rotatable bonds is 6. The first-order valence-corrected chi connectivity index (χ1v) is 11.8. The van der Waals surface area contributed by atoms with Crippen LogP contribution in [-0.2, 0) is 13.5 Å². The number of benzene rings is 1. The van der Waals surface area contributed by atoms with Crippen molar-refractivity contribution in [2.75, 3.05) is 20.3 Å². The molecule has 7 nitrogen and oxygen atoms in total. The van der Waals surface area contributed by atoms with E-state index < -0.39 is 12.7 Å². The minimum absolute atomic E-state index is 0.0545. The van der Waals surface area contributed by atoms with Gasteiger partial charge in [-0.25, -0.2) is 0 Å². The van der Waals surface area contributed by atoms with E-state index in [2.05, 4.69) is 52.8 Å². The van der Waals surface area contributed by atoms with E-state index in [1.165, 1.54) is 22.2 Å². The maximum Gasteiger partial charge on any atom is 0.181 e. The first-order valence-electron chi connectivity index (χ1n) is 11.8. The summed E-state index contributed by atoms with van der Waals surface area (Å²) >= 11 is 0. The van der Waals surface area contributed by atoms with E-state index in [0.29, 0.717) is 5.69 Å². The summed E-state index contributed by atoms with van der Waals surface area (Å²) in [5.41, 5.74) is 6.46. The van der Waals surface area contributed by atoms with Crippen molar-refractivity contribution >= 4 is 16.7 Å². The van der Waals surface area contributed by atoms with Gasteiger partial charge in [0.25, 0.3) is 0 Å². The highest BCUT2D eigenvalue weighted by molar-refractivity contribution is 5.95. The summed E-state index contributed by atoms with van der Waals surface area (Å²) in [6, 6.07) is 10.9. The van der Waals surface area contributed by atoms with Crippen molar-refractivity contribution in [2.24, 2.45) is 13.0 Å². The minimum atomic E-state index is -1.05. The van der Waals surface area contributed by atoms with Gasteiger partial charge in [0.05, 0.1) is 24.4 Å². The van der Waals surface area contributed by atoms with Crippen molar-refractivity contribution in [1.29, 1.82) is 0 Å². The maximum absolute atomic E-state index is 12.6. The number of likely N-dealkylation sites (N-methyl/N-ethyl adjacent to an activating group) is 1. The summed E-state index contributed by atoms with van der Waals surface area (Å²) in [5.74, 6) is -0.0395. The lowest BCUT2D eigenvalue weighted by Crippen LogP contribution is -2.53. The molecule has 1 saturated heterocycles. The van der Waals surface area contributed by atoms with E-state index in [1.54, 1.807) is 0 Å². The number of para-hydroxylation sites is 1. The minimum Gasteiger partial charge on any atom is -0.396 e. The Labute approximate surface area is 193 Å². The van der Waals surface area contributed by atoms with Gasteiger partial charge in [-0.1, -0.05) is 18.2 Å². The quantitative estimate of drug-likeness (QED) is 0.431. The summed E-state index contributed by atoms with van der Waals surface area (Å²) in [6.45, 7) is 1.62. The third kappa shape index (κ3) is 3.46. The van der Waals surface area contributed by atoms with Crippen LogP contribution in [0.2, 0.25) is 0 Å². The van der Waals surface area contributed by atoms with Crippen LogP contribution in [0.4, 0.5) is 0 Å². The fraction of sp³-hybridized carbons (Fsp3) is 0.500. The number of H-pyrrole nitrogens is 1. The molecule has 176 valence electrons. The second-order valence-electron chi connectivity index (χ2n) is 9.81. The lowest BCUT2D eigenvalue weighted by molar-refractivity contribution is 0.00513. The number of aliphatic hydroxyl groups is 3. The standard InChI is InChI=1S/C26H33N3O4/c1-14-17(9-21(27-14)25(33)8-15(32)12-30)18-10-24-26-19(11-23(28(24)2)20(18)13-31)16-6-4-5-7-22(16)29(26)3/h4-7,9,15,18,20,23-24,27,30-32H,8,10-13H2,1-3H3/t15-,18-,20+,23-,24-/m0/s1. The Morgan fingerprint density at radius 3 is 2.73 bits per heavy atom. The van der Waals surface area contributed by atoms with E-state index in [-0.39, 0.29) is 42.7 Å². The average molecular weight is 452 g/mol. The monoisotopic (exact) mass is 451 g/mol. The number of hydrogen-bond donors (Lipinski definition) is 4. The molecule has 0 saturated carbocycles. The van der Waals surface area contributed by atoms with E-state index in [9.17, 15) is 15.0 Å². The Balaban J connectivity index is 1.54. The van der Waals surface area contributed by atoms with Gasteiger partial charge in [-0.05, 0) is 56.0 Å². The summed E-state index contributed by atoms with van der Waals surface area (Å²) in [7, 11) is 4.32. The van der Waals surface area contributed by atoms with Crippen molar-refractivity contribution in [1.82, 2.24) is 14.5 Å². The van der Waals surface area contributed by atoms with Gasteiger partial charge in [0.2, 0.25) is 0 Å². The van der Waals surface area contributed by atoms with E-state index in [4.69, 9.17) is 5.11 Å². The maximum atomic E-state index is 12.6. The molecular weight excluding hydrogens is 418 g/mol. The fourth-order valence-electron chi connectivity index (χ4n) is 6.43. The Kier molecular flexibility index (Phi) is 5.69. The molecule has 0 radical (unpaired) electrons. The lowest BCUT2D eigenvalue weighted by Gasteiger charge is -2.51. The molecule has 5 atom stereocenters. The predicted molar refractivity (Wildman–Crippen MR) is 126 cm³/mol. The molecule has 3 aromatic rings. The molecule has 0 unspecified atom stereocenters. The number of carbonyl (C=O) groups excluding carboxylic acids is 1. The number of carbonyl (C=O) groups is 1. The molecule has 0 spiro atoms. The largest absolute Gasteiger partial charge is 0.396 e. The van der Waals surface area contributed by atoms with Crippen LogP contribution in [0.25, 0.3) is 10.9 Å². The number of nitrogens with one attached hydrogen (secondary N) is 1. The molecule has 2 aliphatic rings. The van der Waals surface area contributed by atoms with Crippen LogP contribution in [0.15, 0.2) is 30.3 Å². The number of hydrogen-bond acceptors (Lipinski definition) is 5. The molecule has 1 aromatic carbocycles. The van der Waals surface area contributed by atoms with Crippen molar-refractivity contribution < 1.29 is 20.1 Å². The summed E-state index contributed by atoms with van der Waals surface area (Å²) in [4.78, 5) is 18.2. The third-order valence-corrected chi connectivity index (χ3v) is 8.09. The van der Waals surface area contributed by atoms with Gasteiger partial charge >= 0.3 is 0 Å². The number of fused-ring (bicyclic) bond motifs is 6. The molecule has 2 aliphatic heterocycles. The van der Waals surface area contributed by atoms with Crippen LogP contribution in [-0.4, -0.2) is 68.0 Å². The highest BCUT2D eigenvalue weighted by Gasteiger charge is 2.48. The highest BCUT2D eigenvalue weighted by atomic mass is 16.3. The number of aromatic nitrogens is 2. The fourth-order valence-corrected chi connectivity index (χ4v) is 6.43. The van der Waals surface area contributed by atoms with E-state index in [1.807, 2.05) is 13.0 Å². The Bertz CT molecular complexity index is 1200. The van der Waals surface area contributed by atoms with Gasteiger partial charge in [0, 0.05) is 54.3 Å². The van der Waals surface area contributed by atoms with Crippen LogP contribution in [0, 0.1) is 12.8 Å². The van der Waals surface area contributed by atoms with Crippen molar-refractivity contribution in [3.63, 3.8) is 0 Å². The van der Waals surface area contributed by atoms with Crippen LogP contribution in [0.1, 0.15) is 57.8 Å². The SMILES string of the molecule is Cc1[nH]c(C(=O)C[C@H](O)CO)cc1[C@@H]1C[C@H]2c3c(c4ccccc4n3C)C[C@@H]([C@@H]1CO)N2C. The van der Waals surface area contributed by atoms with Gasteiger partial charge in [0.1, 0.15) is 0 Å². The lowest BCUT2D eigenvalue weighted by atomic mass is 9.68. The molecular formula is C26H33N3O4. The Morgan fingerprint density at radius 2 is 2.00 bits per heavy atom. The van der Waals surface area contributed by atoms with Gasteiger partial charge in [-0.15, -0.1) is 0 Å². The van der Waals surface area contributed by atoms with Crippen molar-refractivity contribution in [3.8, 4) is 0 Å². The molecule has 2 aromatic heterocycles. The zero-order chi connectivity index (χ0) is 23.4. The van der Waals surface area contributed by atoms with E-state index in [0.717, 1.165) is 24.1 Å². The smallest absolute Gasteiger partial charge is 0.181 e. The first kappa shape index (κ1) is 22.3. The number of aryl methyl sites for hydroxylation is 2. The zero-order valence-electron chi connectivity index (χ0n) is 19.5. The molecule has 2 bridgehead atoms. The second-order valence-corrected chi connectivity index (χ2v) is 9.81. The zero-order valence-corrected chi connectivity index (χ0v) is 19.5. The van der Waals surface area contributed by atoms with Gasteiger partial charge in [-0.3, -0.25) is 9.69 Å². The summed E-state index contributed by atoms with van der Waals surface area (Å²) in [5, 5.41) is 30.6. The van der Waals surface area contributed by atoms with E-state index >= 15 is 0 Å². The van der Waals surface area contributed by atoms with Crippen LogP contribution >= 0.6 is 0 Å². The number of ketones is 1. The topological polar surface area (TPSA) is 102 Å². The molecule has 33 heavy (non-hydrogen) atoms. The Morgan fingerprint density at radius 1 is 1.24 bits per heavy atom. The third-order valence-electron chi connectivity index (χ3n) is 8.09. The number of nitrogens with zero attached hydrogens (tertiary/aromatic N) is 2. The predicted octanol–water partition coefficient (Wildman–Crippen LogP) is 2.43. The molecule has 7 heteroatoms. The molecule has 0 amide bonds. The van der Waals surface area contributed by atoms with Gasteiger partial charge in [-0.2, -0.15) is 0 Å². The van der Waals surface area contributed by atoms with Crippen LogP contribution in [0.5, 0.6) is 0 Å². The van der Waals surface area contributed by atoms with Crippen LogP contribution < -0.4 is 0 Å². The molecule has 5 rings (SSSR count). The number of piperidine rings is 1. The number of Topliss-reactive ketones (excluding diaryl/α,β-unsaturated/α-hetero) is 1. The first-order chi connectivity index (χ1) is 15.8. The molecule has 0 aliphatic carbocycles. The molecule has 4 N–H and O–H groups in total. The van der Waals surface area contributed by atoms with Crippen molar-refractivity contribution in [3.05, 3.63) is 58.5 Å². The van der Waals surface area contributed by atoms with Crippen molar-refractivity contribution in [2.45, 2.75) is 50.3 Å². The average Bonchev–Trinajstić information content (AvgIpc) is 3.32. The normalized spacial score (nSPS) is 25.9.